The van der Waals surface area contributed by atoms with Crippen LogP contribution in [0.1, 0.15) is 42.1 Å². The van der Waals surface area contributed by atoms with Crippen molar-refractivity contribution < 1.29 is 9.53 Å². The molecule has 25 heavy (non-hydrogen) atoms. The van der Waals surface area contributed by atoms with Gasteiger partial charge in [-0.1, -0.05) is 13.0 Å². The molecule has 0 saturated heterocycles. The number of thiazole rings is 1. The SMILES string of the molecule is CCCN(Cc1csc(COc2ccc(C)c(C)c2)n1)C(=O)NCC. The van der Waals surface area contributed by atoms with Crippen molar-refractivity contribution in [2.24, 2.45) is 0 Å². The second kappa shape index (κ2) is 9.42. The summed E-state index contributed by atoms with van der Waals surface area (Å²) in [6.07, 6.45) is 0.921. The van der Waals surface area contributed by atoms with Gasteiger partial charge in [0.1, 0.15) is 17.4 Å². The minimum absolute atomic E-state index is 0.0368. The van der Waals surface area contributed by atoms with E-state index in [1.807, 2.05) is 24.4 Å². The number of rotatable bonds is 8. The number of hydrogen-bond donors (Lipinski definition) is 1. The molecule has 0 saturated carbocycles. The number of ether oxygens (including phenoxy) is 1. The van der Waals surface area contributed by atoms with E-state index in [1.165, 1.54) is 11.1 Å². The molecule has 5 nitrogen and oxygen atoms in total. The van der Waals surface area contributed by atoms with Crippen LogP contribution in [0.3, 0.4) is 0 Å². The molecule has 0 aliphatic carbocycles. The number of hydrogen-bond acceptors (Lipinski definition) is 4. The Morgan fingerprint density at radius 1 is 1.28 bits per heavy atom. The van der Waals surface area contributed by atoms with Crippen molar-refractivity contribution in [1.29, 1.82) is 0 Å². The first-order chi connectivity index (χ1) is 12.0. The van der Waals surface area contributed by atoms with Crippen molar-refractivity contribution in [3.8, 4) is 5.75 Å². The monoisotopic (exact) mass is 361 g/mol. The zero-order chi connectivity index (χ0) is 18.2. The molecule has 0 fully saturated rings. The minimum Gasteiger partial charge on any atom is -0.486 e. The van der Waals surface area contributed by atoms with Gasteiger partial charge in [-0.25, -0.2) is 9.78 Å². The van der Waals surface area contributed by atoms with Gasteiger partial charge in [-0.2, -0.15) is 0 Å². The summed E-state index contributed by atoms with van der Waals surface area (Å²) in [5.74, 6) is 0.856. The molecule has 2 aromatic rings. The van der Waals surface area contributed by atoms with Crippen LogP contribution < -0.4 is 10.1 Å². The topological polar surface area (TPSA) is 54.5 Å². The fraction of sp³-hybridized carbons (Fsp3) is 0.474. The summed E-state index contributed by atoms with van der Waals surface area (Å²) in [7, 11) is 0. The Kier molecular flexibility index (Phi) is 7.25. The Morgan fingerprint density at radius 3 is 2.76 bits per heavy atom. The predicted molar refractivity (Wildman–Crippen MR) is 102 cm³/mol. The van der Waals surface area contributed by atoms with E-state index in [9.17, 15) is 4.79 Å². The van der Waals surface area contributed by atoms with Gasteiger partial charge in [-0.05, 0) is 50.5 Å². The summed E-state index contributed by atoms with van der Waals surface area (Å²) in [6.45, 7) is 10.5. The molecule has 0 atom stereocenters. The highest BCUT2D eigenvalue weighted by atomic mass is 32.1. The highest BCUT2D eigenvalue weighted by Crippen LogP contribution is 2.19. The van der Waals surface area contributed by atoms with Crippen molar-refractivity contribution >= 4 is 17.4 Å². The average molecular weight is 362 g/mol. The largest absolute Gasteiger partial charge is 0.486 e. The lowest BCUT2D eigenvalue weighted by Crippen LogP contribution is -2.39. The number of urea groups is 1. The Bertz CT molecular complexity index is 700. The van der Waals surface area contributed by atoms with E-state index in [2.05, 4.69) is 37.1 Å². The Balaban J connectivity index is 1.94. The summed E-state index contributed by atoms with van der Waals surface area (Å²) in [4.78, 5) is 18.5. The van der Waals surface area contributed by atoms with Crippen LogP contribution in [0.15, 0.2) is 23.6 Å². The molecule has 2 rings (SSSR count). The number of nitrogens with zero attached hydrogens (tertiary/aromatic N) is 2. The highest BCUT2D eigenvalue weighted by Gasteiger charge is 2.14. The number of nitrogens with one attached hydrogen (secondary N) is 1. The van der Waals surface area contributed by atoms with E-state index < -0.39 is 0 Å². The summed E-state index contributed by atoms with van der Waals surface area (Å²) in [6, 6.07) is 6.05. The predicted octanol–water partition coefficient (Wildman–Crippen LogP) is 4.28. The quantitative estimate of drug-likeness (QED) is 0.763. The lowest BCUT2D eigenvalue weighted by Gasteiger charge is -2.21. The van der Waals surface area contributed by atoms with Crippen LogP contribution in [0.5, 0.6) is 5.75 Å². The van der Waals surface area contributed by atoms with Crippen molar-refractivity contribution in [2.75, 3.05) is 13.1 Å². The van der Waals surface area contributed by atoms with Gasteiger partial charge in [0.15, 0.2) is 0 Å². The number of carbonyl (C=O) groups is 1. The third kappa shape index (κ3) is 5.74. The Hall–Kier alpha value is -2.08. The summed E-state index contributed by atoms with van der Waals surface area (Å²) in [5.41, 5.74) is 3.38. The van der Waals surface area contributed by atoms with Crippen LogP contribution in [0.2, 0.25) is 0 Å². The summed E-state index contributed by atoms with van der Waals surface area (Å²) >= 11 is 1.57. The molecule has 0 unspecified atom stereocenters. The van der Waals surface area contributed by atoms with Crippen LogP contribution in [-0.4, -0.2) is 29.0 Å². The number of aryl methyl sites for hydroxylation is 2. The van der Waals surface area contributed by atoms with Gasteiger partial charge < -0.3 is 15.0 Å². The number of amides is 2. The molecule has 1 heterocycles. The third-order valence-corrected chi connectivity index (χ3v) is 4.77. The number of carbonyl (C=O) groups excluding carboxylic acids is 1. The van der Waals surface area contributed by atoms with E-state index in [4.69, 9.17) is 4.74 Å². The zero-order valence-electron chi connectivity index (χ0n) is 15.5. The molecular weight excluding hydrogens is 334 g/mol. The van der Waals surface area contributed by atoms with E-state index in [1.54, 1.807) is 16.2 Å². The van der Waals surface area contributed by atoms with Gasteiger partial charge in [-0.3, -0.25) is 0 Å². The second-order valence-corrected chi connectivity index (χ2v) is 6.97. The van der Waals surface area contributed by atoms with Crippen LogP contribution in [0.25, 0.3) is 0 Å². The molecule has 6 heteroatoms. The average Bonchev–Trinajstić information content (AvgIpc) is 3.03. The fourth-order valence-electron chi connectivity index (χ4n) is 2.42. The Labute approximate surface area is 154 Å². The highest BCUT2D eigenvalue weighted by molar-refractivity contribution is 7.09. The zero-order valence-corrected chi connectivity index (χ0v) is 16.3. The molecule has 0 radical (unpaired) electrons. The van der Waals surface area contributed by atoms with Gasteiger partial charge in [0.2, 0.25) is 0 Å². The number of aromatic nitrogens is 1. The lowest BCUT2D eigenvalue weighted by atomic mass is 10.1. The van der Waals surface area contributed by atoms with E-state index >= 15 is 0 Å². The maximum atomic E-state index is 12.1. The lowest BCUT2D eigenvalue weighted by molar-refractivity contribution is 0.195. The molecule has 136 valence electrons. The van der Waals surface area contributed by atoms with Gasteiger partial charge in [0.05, 0.1) is 12.2 Å². The fourth-order valence-corrected chi connectivity index (χ4v) is 3.11. The second-order valence-electron chi connectivity index (χ2n) is 6.02. The number of benzene rings is 1. The first-order valence-electron chi connectivity index (χ1n) is 8.69. The molecule has 0 aliphatic heterocycles. The molecule has 1 aromatic heterocycles. The van der Waals surface area contributed by atoms with Crippen molar-refractivity contribution in [1.82, 2.24) is 15.2 Å². The van der Waals surface area contributed by atoms with Crippen molar-refractivity contribution in [3.63, 3.8) is 0 Å². The molecular formula is C19H27N3O2S. The van der Waals surface area contributed by atoms with Crippen LogP contribution >= 0.6 is 11.3 Å². The smallest absolute Gasteiger partial charge is 0.317 e. The molecule has 0 spiro atoms. The standard InChI is InChI=1S/C19H27N3O2S/c1-5-9-22(19(23)20-6-2)11-16-13-25-18(21-16)12-24-17-8-7-14(3)15(4)10-17/h7-8,10,13H,5-6,9,11-12H2,1-4H3,(H,20,23). The minimum atomic E-state index is -0.0368. The van der Waals surface area contributed by atoms with Crippen LogP contribution in [0.4, 0.5) is 4.79 Å². The molecule has 2 amide bonds. The third-order valence-electron chi connectivity index (χ3n) is 3.90. The first kappa shape index (κ1) is 19.2. The molecule has 0 aliphatic rings. The summed E-state index contributed by atoms with van der Waals surface area (Å²) in [5, 5.41) is 5.77. The van der Waals surface area contributed by atoms with Crippen molar-refractivity contribution in [3.05, 3.63) is 45.4 Å². The van der Waals surface area contributed by atoms with Gasteiger partial charge in [-0.15, -0.1) is 11.3 Å². The maximum Gasteiger partial charge on any atom is 0.317 e. The maximum absolute atomic E-state index is 12.1. The van der Waals surface area contributed by atoms with Gasteiger partial charge in [0.25, 0.3) is 0 Å². The first-order valence-corrected chi connectivity index (χ1v) is 9.57. The van der Waals surface area contributed by atoms with E-state index in [-0.39, 0.29) is 6.03 Å². The van der Waals surface area contributed by atoms with Crippen LogP contribution in [0, 0.1) is 13.8 Å². The van der Waals surface area contributed by atoms with Gasteiger partial charge in [0, 0.05) is 18.5 Å². The Morgan fingerprint density at radius 2 is 2.08 bits per heavy atom. The van der Waals surface area contributed by atoms with Gasteiger partial charge >= 0.3 is 6.03 Å². The van der Waals surface area contributed by atoms with Crippen LogP contribution in [-0.2, 0) is 13.2 Å². The summed E-state index contributed by atoms with van der Waals surface area (Å²) < 4.78 is 5.83. The normalized spacial score (nSPS) is 10.6. The van der Waals surface area contributed by atoms with E-state index in [0.29, 0.717) is 19.7 Å². The molecule has 1 N–H and O–H groups in total. The van der Waals surface area contributed by atoms with E-state index in [0.717, 1.165) is 29.4 Å². The van der Waals surface area contributed by atoms with Crippen molar-refractivity contribution in [2.45, 2.75) is 47.3 Å². The molecule has 0 bridgehead atoms. The molecule has 1 aromatic carbocycles.